The highest BCUT2D eigenvalue weighted by molar-refractivity contribution is 14.0. The van der Waals surface area contributed by atoms with E-state index in [0.29, 0.717) is 12.5 Å². The summed E-state index contributed by atoms with van der Waals surface area (Å²) in [6.07, 6.45) is 1.92. The second kappa shape index (κ2) is 12.3. The average Bonchev–Trinajstić information content (AvgIpc) is 3.04. The summed E-state index contributed by atoms with van der Waals surface area (Å²) < 4.78 is 11.4. The zero-order chi connectivity index (χ0) is 18.1. The molecule has 3 N–H and O–H groups in total. The van der Waals surface area contributed by atoms with Gasteiger partial charge in [0, 0.05) is 58.4 Å². The summed E-state index contributed by atoms with van der Waals surface area (Å²) in [5.74, 6) is 1.46. The van der Waals surface area contributed by atoms with Gasteiger partial charge in [0.2, 0.25) is 0 Å². The van der Waals surface area contributed by atoms with E-state index in [1.54, 1.807) is 7.05 Å². The molecule has 2 heterocycles. The number of hydrogen-bond donors (Lipinski definition) is 3. The number of nitrogens with one attached hydrogen (secondary N) is 2. The van der Waals surface area contributed by atoms with E-state index < -0.39 is 0 Å². The van der Waals surface area contributed by atoms with Gasteiger partial charge in [0.1, 0.15) is 0 Å². The maximum Gasteiger partial charge on any atom is 0.191 e. The topological polar surface area (TPSA) is 78.4 Å². The van der Waals surface area contributed by atoms with Crippen LogP contribution in [0.5, 0.6) is 0 Å². The number of guanidine groups is 1. The normalized spacial score (nSPS) is 27.4. The molecule has 0 radical (unpaired) electrons. The number of aliphatic imine (C=N–C) groups is 1. The van der Waals surface area contributed by atoms with Crippen LogP contribution in [0, 0.1) is 11.3 Å². The molecule has 26 heavy (non-hydrogen) atoms. The van der Waals surface area contributed by atoms with Crippen molar-refractivity contribution in [2.75, 3.05) is 66.2 Å². The molecule has 2 fully saturated rings. The van der Waals surface area contributed by atoms with Crippen molar-refractivity contribution in [2.45, 2.75) is 32.8 Å². The van der Waals surface area contributed by atoms with E-state index >= 15 is 0 Å². The Morgan fingerprint density at radius 1 is 1.35 bits per heavy atom. The van der Waals surface area contributed by atoms with Crippen molar-refractivity contribution < 1.29 is 14.6 Å². The minimum atomic E-state index is 0. The van der Waals surface area contributed by atoms with Crippen molar-refractivity contribution >= 4 is 29.9 Å². The second-order valence-electron chi connectivity index (χ2n) is 7.73. The Morgan fingerprint density at radius 2 is 2.15 bits per heavy atom. The molecule has 8 heteroatoms. The molecule has 0 spiro atoms. The fraction of sp³-hybridized carbons (Fsp3) is 0.944. The van der Waals surface area contributed by atoms with Crippen molar-refractivity contribution in [1.29, 1.82) is 0 Å². The molecular formula is C18H37IN4O3. The summed E-state index contributed by atoms with van der Waals surface area (Å²) in [6.45, 7) is 11.6. The van der Waals surface area contributed by atoms with Crippen LogP contribution >= 0.6 is 24.0 Å². The van der Waals surface area contributed by atoms with E-state index in [0.717, 1.165) is 64.7 Å². The van der Waals surface area contributed by atoms with Crippen LogP contribution in [0.15, 0.2) is 4.99 Å². The number of ether oxygens (including phenoxy) is 2. The molecule has 0 bridgehead atoms. The highest BCUT2D eigenvalue weighted by atomic mass is 127. The summed E-state index contributed by atoms with van der Waals surface area (Å²) >= 11 is 0. The SMILES string of the molecule is CN=C(NCC1CN(CC(C)C)CCO1)NCC1(CCO)CCOC1.I. The van der Waals surface area contributed by atoms with Gasteiger partial charge in [-0.1, -0.05) is 13.8 Å². The third kappa shape index (κ3) is 7.84. The minimum absolute atomic E-state index is 0. The predicted molar refractivity (Wildman–Crippen MR) is 115 cm³/mol. The molecule has 0 aromatic rings. The first-order chi connectivity index (χ1) is 12.1. The van der Waals surface area contributed by atoms with Crippen molar-refractivity contribution in [3.63, 3.8) is 0 Å². The largest absolute Gasteiger partial charge is 0.396 e. The molecular weight excluding hydrogens is 447 g/mol. The van der Waals surface area contributed by atoms with E-state index in [2.05, 4.69) is 34.4 Å². The van der Waals surface area contributed by atoms with Gasteiger partial charge in [0.25, 0.3) is 0 Å². The molecule has 154 valence electrons. The van der Waals surface area contributed by atoms with Gasteiger partial charge in [-0.15, -0.1) is 24.0 Å². The Labute approximate surface area is 175 Å². The van der Waals surface area contributed by atoms with Crippen molar-refractivity contribution in [2.24, 2.45) is 16.3 Å². The van der Waals surface area contributed by atoms with Gasteiger partial charge in [-0.2, -0.15) is 0 Å². The van der Waals surface area contributed by atoms with Crippen LogP contribution in [-0.4, -0.2) is 88.3 Å². The summed E-state index contributed by atoms with van der Waals surface area (Å²) in [5.41, 5.74) is 0.0156. The molecule has 0 aromatic carbocycles. The van der Waals surface area contributed by atoms with Gasteiger partial charge < -0.3 is 25.2 Å². The van der Waals surface area contributed by atoms with Crippen molar-refractivity contribution in [3.05, 3.63) is 0 Å². The number of morpholine rings is 1. The molecule has 2 unspecified atom stereocenters. The van der Waals surface area contributed by atoms with Gasteiger partial charge in [0.15, 0.2) is 5.96 Å². The smallest absolute Gasteiger partial charge is 0.191 e. The first-order valence-corrected chi connectivity index (χ1v) is 9.54. The summed E-state index contributed by atoms with van der Waals surface area (Å²) in [7, 11) is 1.78. The van der Waals surface area contributed by atoms with E-state index in [-0.39, 0.29) is 42.1 Å². The molecule has 0 saturated carbocycles. The van der Waals surface area contributed by atoms with Crippen LogP contribution in [0.1, 0.15) is 26.7 Å². The number of rotatable bonds is 8. The van der Waals surface area contributed by atoms with Crippen LogP contribution in [0.4, 0.5) is 0 Å². The van der Waals surface area contributed by atoms with Crippen LogP contribution < -0.4 is 10.6 Å². The van der Waals surface area contributed by atoms with E-state index in [1.165, 1.54) is 0 Å². The zero-order valence-corrected chi connectivity index (χ0v) is 18.8. The lowest BCUT2D eigenvalue weighted by Crippen LogP contribution is -2.51. The average molecular weight is 484 g/mol. The number of aliphatic hydroxyl groups excluding tert-OH is 1. The van der Waals surface area contributed by atoms with Gasteiger partial charge in [-0.25, -0.2) is 0 Å². The third-order valence-electron chi connectivity index (χ3n) is 5.02. The van der Waals surface area contributed by atoms with E-state index in [4.69, 9.17) is 9.47 Å². The zero-order valence-electron chi connectivity index (χ0n) is 16.5. The standard InChI is InChI=1S/C18H36N4O3.HI/c1-15(2)11-22-6-9-25-16(12-22)10-20-17(19-3)21-13-18(4-7-23)5-8-24-14-18;/h15-16,23H,4-14H2,1-3H3,(H2,19,20,21);1H. The summed E-state index contributed by atoms with van der Waals surface area (Å²) in [4.78, 5) is 6.79. The second-order valence-corrected chi connectivity index (χ2v) is 7.73. The lowest BCUT2D eigenvalue weighted by Gasteiger charge is -2.34. The molecule has 0 amide bonds. The quantitative estimate of drug-likeness (QED) is 0.270. The van der Waals surface area contributed by atoms with Gasteiger partial charge >= 0.3 is 0 Å². The molecule has 0 aliphatic carbocycles. The Balaban J connectivity index is 0.00000338. The monoisotopic (exact) mass is 484 g/mol. The van der Waals surface area contributed by atoms with Crippen LogP contribution in [0.25, 0.3) is 0 Å². The van der Waals surface area contributed by atoms with Gasteiger partial charge in [0.05, 0.1) is 19.3 Å². The number of hydrogen-bond acceptors (Lipinski definition) is 5. The van der Waals surface area contributed by atoms with Crippen LogP contribution in [0.2, 0.25) is 0 Å². The molecule has 2 saturated heterocycles. The highest BCUT2D eigenvalue weighted by Crippen LogP contribution is 2.31. The van der Waals surface area contributed by atoms with E-state index in [9.17, 15) is 5.11 Å². The van der Waals surface area contributed by atoms with Crippen LogP contribution in [0.3, 0.4) is 0 Å². The maximum atomic E-state index is 9.32. The summed E-state index contributed by atoms with van der Waals surface area (Å²) in [6, 6.07) is 0. The molecule has 2 aliphatic rings. The fourth-order valence-corrected chi connectivity index (χ4v) is 3.60. The Hall–Kier alpha value is -0.160. The predicted octanol–water partition coefficient (Wildman–Crippen LogP) is 0.915. The number of halogens is 1. The molecule has 2 aliphatic heterocycles. The van der Waals surface area contributed by atoms with Crippen molar-refractivity contribution in [3.8, 4) is 0 Å². The van der Waals surface area contributed by atoms with Gasteiger partial charge in [-0.05, 0) is 18.8 Å². The maximum absolute atomic E-state index is 9.32. The molecule has 7 nitrogen and oxygen atoms in total. The minimum Gasteiger partial charge on any atom is -0.396 e. The lowest BCUT2D eigenvalue weighted by molar-refractivity contribution is -0.0284. The van der Waals surface area contributed by atoms with Gasteiger partial charge in [-0.3, -0.25) is 9.89 Å². The highest BCUT2D eigenvalue weighted by Gasteiger charge is 2.34. The molecule has 2 atom stereocenters. The Bertz CT molecular complexity index is 417. The molecule has 0 aromatic heterocycles. The lowest BCUT2D eigenvalue weighted by atomic mass is 9.84. The first-order valence-electron chi connectivity index (χ1n) is 9.54. The number of nitrogens with zero attached hydrogens (tertiary/aromatic N) is 2. The first kappa shape index (κ1) is 23.9. The number of aliphatic hydroxyl groups is 1. The Kier molecular flexibility index (Phi) is 11.3. The van der Waals surface area contributed by atoms with Crippen LogP contribution in [-0.2, 0) is 9.47 Å². The summed E-state index contributed by atoms with van der Waals surface area (Å²) in [5, 5.41) is 16.1. The third-order valence-corrected chi connectivity index (χ3v) is 5.02. The van der Waals surface area contributed by atoms with E-state index in [1.807, 2.05) is 0 Å². The fourth-order valence-electron chi connectivity index (χ4n) is 3.60. The van der Waals surface area contributed by atoms with Crippen molar-refractivity contribution in [1.82, 2.24) is 15.5 Å². The Morgan fingerprint density at radius 3 is 2.77 bits per heavy atom. The molecule has 2 rings (SSSR count).